The van der Waals surface area contributed by atoms with Gasteiger partial charge in [0.1, 0.15) is 16.6 Å². The van der Waals surface area contributed by atoms with Crippen LogP contribution in [0.1, 0.15) is 0 Å². The molecule has 154 valence electrons. The van der Waals surface area contributed by atoms with E-state index >= 15 is 0 Å². The first-order valence-corrected chi connectivity index (χ1v) is 10.4. The van der Waals surface area contributed by atoms with Gasteiger partial charge in [-0.25, -0.2) is 26.7 Å². The second-order valence-electron chi connectivity index (χ2n) is 6.18. The Morgan fingerprint density at radius 1 is 1.20 bits per heavy atom. The number of nitrogens with two attached hydrogens (primary N) is 1. The summed E-state index contributed by atoms with van der Waals surface area (Å²) in [7, 11) is -2.39. The summed E-state index contributed by atoms with van der Waals surface area (Å²) >= 11 is 6.26. The average Bonchev–Trinajstić information content (AvgIpc) is 3.08. The molecule has 0 radical (unpaired) electrons. The van der Waals surface area contributed by atoms with Crippen molar-refractivity contribution >= 4 is 44.2 Å². The number of aromatic nitrogens is 3. The second-order valence-corrected chi connectivity index (χ2v) is 8.37. The van der Waals surface area contributed by atoms with Crippen molar-refractivity contribution in [1.82, 2.24) is 13.9 Å². The number of ether oxygens (including phenoxy) is 1. The molecule has 0 saturated heterocycles. The van der Waals surface area contributed by atoms with Crippen LogP contribution in [0.15, 0.2) is 59.9 Å². The Bertz CT molecular complexity index is 1360. The molecule has 0 bridgehead atoms. The lowest BCUT2D eigenvalue weighted by atomic mass is 10.3. The van der Waals surface area contributed by atoms with Crippen LogP contribution in [0, 0.1) is 5.82 Å². The summed E-state index contributed by atoms with van der Waals surface area (Å²) in [5, 5.41) is 2.98. The minimum atomic E-state index is -4.02. The van der Waals surface area contributed by atoms with E-state index in [0.717, 1.165) is 10.2 Å². The van der Waals surface area contributed by atoms with E-state index in [9.17, 15) is 12.8 Å². The van der Waals surface area contributed by atoms with Gasteiger partial charge in [0.15, 0.2) is 17.2 Å². The lowest BCUT2D eigenvalue weighted by Crippen LogP contribution is -2.12. The van der Waals surface area contributed by atoms with E-state index in [0.29, 0.717) is 5.69 Å². The van der Waals surface area contributed by atoms with E-state index in [1.807, 2.05) is 0 Å². The lowest BCUT2D eigenvalue weighted by molar-refractivity contribution is 0.479. The van der Waals surface area contributed by atoms with Crippen LogP contribution < -0.4 is 15.8 Å². The Kier molecular flexibility index (Phi) is 4.96. The second kappa shape index (κ2) is 7.47. The van der Waals surface area contributed by atoms with Crippen molar-refractivity contribution < 1.29 is 17.5 Å². The highest BCUT2D eigenvalue weighted by Gasteiger charge is 2.23. The zero-order chi connectivity index (χ0) is 21.5. The number of nitrogens with zero attached hydrogens (tertiary/aromatic N) is 3. The number of fused-ring (bicyclic) bond motifs is 1. The molecule has 0 aliphatic heterocycles. The fourth-order valence-corrected chi connectivity index (χ4v) is 4.50. The van der Waals surface area contributed by atoms with Crippen molar-refractivity contribution in [1.29, 1.82) is 0 Å². The summed E-state index contributed by atoms with van der Waals surface area (Å²) in [6.45, 7) is 0. The molecule has 11 heteroatoms. The van der Waals surface area contributed by atoms with Crippen LogP contribution in [0.5, 0.6) is 11.5 Å². The zero-order valence-corrected chi connectivity index (χ0v) is 17.1. The Labute approximate surface area is 176 Å². The molecule has 0 aliphatic rings. The molecular weight excluding hydrogens is 433 g/mol. The first-order valence-electron chi connectivity index (χ1n) is 8.59. The van der Waals surface area contributed by atoms with E-state index in [1.165, 1.54) is 30.6 Å². The number of hydrogen-bond acceptors (Lipinski definition) is 7. The third-order valence-corrected chi connectivity index (χ3v) is 6.37. The number of pyridine rings is 2. The van der Waals surface area contributed by atoms with E-state index < -0.39 is 15.8 Å². The Hall–Kier alpha value is -3.37. The molecule has 0 amide bonds. The molecule has 1 aromatic carbocycles. The quantitative estimate of drug-likeness (QED) is 0.477. The molecule has 3 N–H and O–H groups in total. The number of halogens is 2. The van der Waals surface area contributed by atoms with Gasteiger partial charge in [-0.1, -0.05) is 29.8 Å². The first-order chi connectivity index (χ1) is 14.3. The minimum Gasteiger partial charge on any atom is -0.452 e. The predicted octanol–water partition coefficient (Wildman–Crippen LogP) is 3.88. The largest absolute Gasteiger partial charge is 0.452 e. The summed E-state index contributed by atoms with van der Waals surface area (Å²) in [5.74, 6) is -0.252. The third kappa shape index (κ3) is 3.29. The molecule has 0 spiro atoms. The van der Waals surface area contributed by atoms with E-state index in [4.69, 9.17) is 22.1 Å². The molecule has 0 atom stereocenters. The number of hydrogen-bond donors (Lipinski definition) is 2. The fraction of sp³-hybridized carbons (Fsp3) is 0.0526. The Morgan fingerprint density at radius 2 is 1.93 bits per heavy atom. The Morgan fingerprint density at radius 3 is 2.63 bits per heavy atom. The molecule has 0 aliphatic carbocycles. The van der Waals surface area contributed by atoms with Crippen LogP contribution in [0.4, 0.5) is 15.9 Å². The monoisotopic (exact) mass is 447 g/mol. The molecule has 3 aromatic heterocycles. The molecule has 0 unspecified atom stereocenters. The maximum Gasteiger partial charge on any atom is 0.269 e. The summed E-state index contributed by atoms with van der Waals surface area (Å²) in [6.07, 6.45) is 3.47. The van der Waals surface area contributed by atoms with Crippen LogP contribution in [-0.4, -0.2) is 29.4 Å². The highest BCUT2D eigenvalue weighted by atomic mass is 35.5. The van der Waals surface area contributed by atoms with Gasteiger partial charge in [0.25, 0.3) is 10.0 Å². The summed E-state index contributed by atoms with van der Waals surface area (Å²) < 4.78 is 46.8. The van der Waals surface area contributed by atoms with Crippen LogP contribution >= 0.6 is 11.6 Å². The van der Waals surface area contributed by atoms with Gasteiger partial charge in [-0.15, -0.1) is 0 Å². The standard InChI is InChI=1S/C19H15ClFN5O3S/c1-23-17-16(20)15(9-24-18(17)22)29-11-7-13-14(21)10-26(19(13)25-8-11)30(27,28)12-5-3-2-4-6-12/h2-10,23H,1H3,(H2,22,24). The lowest BCUT2D eigenvalue weighted by Gasteiger charge is -2.12. The van der Waals surface area contributed by atoms with Crippen molar-refractivity contribution in [2.75, 3.05) is 18.1 Å². The summed E-state index contributed by atoms with van der Waals surface area (Å²) in [4.78, 5) is 8.10. The molecular formula is C19H15ClFN5O3S. The predicted molar refractivity (Wildman–Crippen MR) is 112 cm³/mol. The summed E-state index contributed by atoms with van der Waals surface area (Å²) in [5.41, 5.74) is 6.06. The maximum atomic E-state index is 14.6. The highest BCUT2D eigenvalue weighted by molar-refractivity contribution is 7.90. The molecule has 8 nitrogen and oxygen atoms in total. The van der Waals surface area contributed by atoms with E-state index in [1.54, 1.807) is 25.2 Å². The third-order valence-electron chi connectivity index (χ3n) is 4.33. The van der Waals surface area contributed by atoms with Crippen molar-refractivity contribution in [2.45, 2.75) is 4.90 Å². The van der Waals surface area contributed by atoms with Gasteiger partial charge in [0.2, 0.25) is 0 Å². The van der Waals surface area contributed by atoms with Gasteiger partial charge in [0, 0.05) is 7.05 Å². The van der Waals surface area contributed by atoms with Crippen molar-refractivity contribution in [3.8, 4) is 11.5 Å². The smallest absolute Gasteiger partial charge is 0.269 e. The minimum absolute atomic E-state index is 0.0170. The van der Waals surface area contributed by atoms with Crippen molar-refractivity contribution in [3.05, 3.63) is 65.8 Å². The van der Waals surface area contributed by atoms with Gasteiger partial charge in [-0.3, -0.25) is 0 Å². The molecule has 4 rings (SSSR count). The summed E-state index contributed by atoms with van der Waals surface area (Å²) in [6, 6.07) is 9.03. The van der Waals surface area contributed by atoms with Gasteiger partial charge in [-0.2, -0.15) is 0 Å². The highest BCUT2D eigenvalue weighted by Crippen LogP contribution is 2.37. The Balaban J connectivity index is 1.76. The molecule has 4 aromatic rings. The zero-order valence-electron chi connectivity index (χ0n) is 15.5. The molecule has 0 saturated carbocycles. The van der Waals surface area contributed by atoms with Crippen LogP contribution in [-0.2, 0) is 10.0 Å². The molecule has 30 heavy (non-hydrogen) atoms. The van der Waals surface area contributed by atoms with Crippen LogP contribution in [0.2, 0.25) is 5.02 Å². The fourth-order valence-electron chi connectivity index (χ4n) is 2.89. The van der Waals surface area contributed by atoms with Crippen molar-refractivity contribution in [3.63, 3.8) is 0 Å². The van der Waals surface area contributed by atoms with Crippen LogP contribution in [0.25, 0.3) is 11.0 Å². The molecule has 3 heterocycles. The number of benzene rings is 1. The number of nitrogen functional groups attached to an aromatic ring is 1. The normalized spacial score (nSPS) is 11.6. The maximum absolute atomic E-state index is 14.6. The molecule has 0 fully saturated rings. The SMILES string of the molecule is CNc1c(N)ncc(Oc2cnc3c(c2)c(F)cn3S(=O)(=O)c2ccccc2)c1Cl. The van der Waals surface area contributed by atoms with Gasteiger partial charge >= 0.3 is 0 Å². The van der Waals surface area contributed by atoms with Crippen LogP contribution in [0.3, 0.4) is 0 Å². The van der Waals surface area contributed by atoms with Gasteiger partial charge in [-0.05, 0) is 18.2 Å². The average molecular weight is 448 g/mol. The van der Waals surface area contributed by atoms with E-state index in [-0.39, 0.29) is 38.3 Å². The number of anilines is 2. The van der Waals surface area contributed by atoms with E-state index in [2.05, 4.69) is 15.3 Å². The van der Waals surface area contributed by atoms with Crippen molar-refractivity contribution in [2.24, 2.45) is 0 Å². The number of nitrogens with one attached hydrogen (secondary N) is 1. The van der Waals surface area contributed by atoms with Gasteiger partial charge in [0.05, 0.1) is 34.6 Å². The first kappa shape index (κ1) is 19.9. The van der Waals surface area contributed by atoms with Gasteiger partial charge < -0.3 is 15.8 Å². The topological polar surface area (TPSA) is 112 Å². The number of rotatable bonds is 5.